The summed E-state index contributed by atoms with van der Waals surface area (Å²) in [4.78, 5) is 32.0. The van der Waals surface area contributed by atoms with E-state index in [2.05, 4.69) is 20.6 Å². The van der Waals surface area contributed by atoms with E-state index in [9.17, 15) is 14.8 Å². The number of benzene rings is 2. The Kier molecular flexibility index (Phi) is 4.43. The molecule has 0 radical (unpaired) electrons. The molecule has 4 rings (SSSR count). The lowest BCUT2D eigenvalue weighted by molar-refractivity contribution is 0.102. The van der Waals surface area contributed by atoms with Crippen molar-refractivity contribution in [3.05, 3.63) is 89.0 Å². The summed E-state index contributed by atoms with van der Waals surface area (Å²) in [6.07, 6.45) is 1.47. The largest absolute Gasteiger partial charge is 0.422 e. The number of hydrogen-bond acceptors (Lipinski definition) is 6. The fourth-order valence-electron chi connectivity index (χ4n) is 2.71. The van der Waals surface area contributed by atoms with Crippen molar-refractivity contribution in [2.45, 2.75) is 0 Å². The number of carbonyl (C=O) groups excluding carboxylic acids is 1. The molecule has 2 heterocycles. The third-order valence-corrected chi connectivity index (χ3v) is 4.07. The molecule has 0 aliphatic rings. The zero-order valence-electron chi connectivity index (χ0n) is 14.5. The Hall–Kier alpha value is -4.20. The first kappa shape index (κ1) is 17.2. The van der Waals surface area contributed by atoms with Crippen LogP contribution in [0.5, 0.6) is 0 Å². The fourth-order valence-corrected chi connectivity index (χ4v) is 2.71. The Bertz CT molecular complexity index is 1200. The Morgan fingerprint density at radius 3 is 2.43 bits per heavy atom. The molecule has 0 fully saturated rings. The minimum atomic E-state index is -0.840. The summed E-state index contributed by atoms with van der Waals surface area (Å²) >= 11 is 0. The van der Waals surface area contributed by atoms with Gasteiger partial charge in [-0.05, 0) is 48.5 Å². The van der Waals surface area contributed by atoms with Gasteiger partial charge in [0.25, 0.3) is 5.91 Å². The van der Waals surface area contributed by atoms with Crippen molar-refractivity contribution in [1.82, 2.24) is 14.7 Å². The maximum Gasteiger partial charge on any atom is 0.384 e. The number of amides is 1. The highest BCUT2D eigenvalue weighted by atomic mass is 16.5. The second-order valence-corrected chi connectivity index (χ2v) is 5.95. The predicted octanol–water partition coefficient (Wildman–Crippen LogP) is 3.02. The van der Waals surface area contributed by atoms with Crippen molar-refractivity contribution in [3.8, 4) is 0 Å². The number of carbonyl (C=O) groups is 1. The second kappa shape index (κ2) is 7.20. The monoisotopic (exact) mass is 373 g/mol. The molecule has 138 valence electrons. The van der Waals surface area contributed by atoms with E-state index in [4.69, 9.17) is 0 Å². The standard InChI is InChI=1S/C20H15N5O3/c26-19(23-14-5-2-1-3-6-14)13-8-10-15(11-9-13)22-17-16-7-4-12-21-18(16)25(28)20(27)24-17/h1-12,28H,(H,23,26)(H,22,24,27). The van der Waals surface area contributed by atoms with E-state index in [1.54, 1.807) is 36.4 Å². The maximum atomic E-state index is 12.3. The molecule has 0 atom stereocenters. The average molecular weight is 373 g/mol. The quantitative estimate of drug-likeness (QED) is 0.475. The van der Waals surface area contributed by atoms with E-state index in [1.807, 2.05) is 30.3 Å². The highest BCUT2D eigenvalue weighted by Gasteiger charge is 2.11. The van der Waals surface area contributed by atoms with Gasteiger partial charge in [-0.15, -0.1) is 4.73 Å². The molecule has 0 aliphatic heterocycles. The number of aromatic nitrogens is 3. The van der Waals surface area contributed by atoms with Gasteiger partial charge in [-0.3, -0.25) is 4.79 Å². The zero-order chi connectivity index (χ0) is 19.5. The lowest BCUT2D eigenvalue weighted by Crippen LogP contribution is -2.23. The average Bonchev–Trinajstić information content (AvgIpc) is 2.73. The van der Waals surface area contributed by atoms with Gasteiger partial charge in [0, 0.05) is 23.1 Å². The van der Waals surface area contributed by atoms with Gasteiger partial charge in [0.2, 0.25) is 0 Å². The lowest BCUT2D eigenvalue weighted by Gasteiger charge is -2.10. The first-order valence-electron chi connectivity index (χ1n) is 8.42. The molecule has 0 saturated heterocycles. The summed E-state index contributed by atoms with van der Waals surface area (Å²) in [5.74, 6) is 0.0355. The Balaban J connectivity index is 1.57. The van der Waals surface area contributed by atoms with Crippen LogP contribution in [0.2, 0.25) is 0 Å². The van der Waals surface area contributed by atoms with Crippen molar-refractivity contribution in [2.24, 2.45) is 0 Å². The highest BCUT2D eigenvalue weighted by molar-refractivity contribution is 6.04. The maximum absolute atomic E-state index is 12.3. The second-order valence-electron chi connectivity index (χ2n) is 5.95. The van der Waals surface area contributed by atoms with E-state index < -0.39 is 5.69 Å². The van der Waals surface area contributed by atoms with E-state index in [-0.39, 0.29) is 17.4 Å². The molecule has 0 unspecified atom stereocenters. The van der Waals surface area contributed by atoms with Crippen LogP contribution in [0.4, 0.5) is 17.2 Å². The van der Waals surface area contributed by atoms with Gasteiger partial charge in [-0.1, -0.05) is 18.2 Å². The molecule has 2 aromatic carbocycles. The summed E-state index contributed by atoms with van der Waals surface area (Å²) < 4.78 is 0.400. The van der Waals surface area contributed by atoms with Gasteiger partial charge < -0.3 is 15.8 Å². The summed E-state index contributed by atoms with van der Waals surface area (Å²) in [6.45, 7) is 0. The van der Waals surface area contributed by atoms with Gasteiger partial charge in [0.05, 0.1) is 5.39 Å². The minimum Gasteiger partial charge on any atom is -0.422 e. The molecule has 0 aliphatic carbocycles. The predicted molar refractivity (Wildman–Crippen MR) is 105 cm³/mol. The number of pyridine rings is 1. The Morgan fingerprint density at radius 1 is 0.929 bits per heavy atom. The smallest absolute Gasteiger partial charge is 0.384 e. The Morgan fingerprint density at radius 2 is 1.68 bits per heavy atom. The SMILES string of the molecule is O=C(Nc1ccccc1)c1ccc(Nc2nc(=O)n(O)c3ncccc23)cc1. The summed E-state index contributed by atoms with van der Waals surface area (Å²) in [5, 5.41) is 16.1. The molecule has 0 saturated carbocycles. The van der Waals surface area contributed by atoms with Crippen LogP contribution in [-0.4, -0.2) is 25.8 Å². The van der Waals surface area contributed by atoms with Gasteiger partial charge in [0.1, 0.15) is 5.82 Å². The van der Waals surface area contributed by atoms with Crippen molar-refractivity contribution >= 4 is 34.1 Å². The molecule has 8 nitrogen and oxygen atoms in total. The third kappa shape index (κ3) is 3.38. The number of fused-ring (bicyclic) bond motifs is 1. The van der Waals surface area contributed by atoms with Crippen LogP contribution in [0.15, 0.2) is 77.7 Å². The Labute approximate surface area is 159 Å². The number of para-hydroxylation sites is 1. The number of anilines is 3. The molecular weight excluding hydrogens is 358 g/mol. The molecule has 3 N–H and O–H groups in total. The molecule has 4 aromatic rings. The topological polar surface area (TPSA) is 109 Å². The molecule has 8 heteroatoms. The highest BCUT2D eigenvalue weighted by Crippen LogP contribution is 2.22. The van der Waals surface area contributed by atoms with Gasteiger partial charge in [0.15, 0.2) is 5.65 Å². The molecule has 1 amide bonds. The number of nitrogens with zero attached hydrogens (tertiary/aromatic N) is 3. The fraction of sp³-hybridized carbons (Fsp3) is 0. The molecule has 2 aromatic heterocycles. The summed E-state index contributed by atoms with van der Waals surface area (Å²) in [5.41, 5.74) is 1.09. The normalized spacial score (nSPS) is 10.6. The van der Waals surface area contributed by atoms with Crippen LogP contribution in [-0.2, 0) is 0 Å². The number of hydrogen-bond donors (Lipinski definition) is 3. The van der Waals surface area contributed by atoms with Crippen molar-refractivity contribution < 1.29 is 10.0 Å². The van der Waals surface area contributed by atoms with Gasteiger partial charge in [-0.2, -0.15) is 4.98 Å². The van der Waals surface area contributed by atoms with E-state index in [0.29, 0.717) is 27.1 Å². The number of nitrogens with one attached hydrogen (secondary N) is 2. The first-order valence-corrected chi connectivity index (χ1v) is 8.42. The van der Waals surface area contributed by atoms with E-state index >= 15 is 0 Å². The van der Waals surface area contributed by atoms with Crippen LogP contribution < -0.4 is 16.3 Å². The zero-order valence-corrected chi connectivity index (χ0v) is 14.5. The van der Waals surface area contributed by atoms with Crippen LogP contribution >= 0.6 is 0 Å². The molecule has 28 heavy (non-hydrogen) atoms. The third-order valence-electron chi connectivity index (χ3n) is 4.07. The first-order chi connectivity index (χ1) is 13.6. The van der Waals surface area contributed by atoms with Crippen molar-refractivity contribution in [1.29, 1.82) is 0 Å². The van der Waals surface area contributed by atoms with Crippen LogP contribution in [0.3, 0.4) is 0 Å². The minimum absolute atomic E-state index is 0.101. The van der Waals surface area contributed by atoms with Crippen molar-refractivity contribution in [3.63, 3.8) is 0 Å². The summed E-state index contributed by atoms with van der Waals surface area (Å²) in [7, 11) is 0. The van der Waals surface area contributed by atoms with Crippen molar-refractivity contribution in [2.75, 3.05) is 10.6 Å². The van der Waals surface area contributed by atoms with E-state index in [0.717, 1.165) is 0 Å². The van der Waals surface area contributed by atoms with Gasteiger partial charge >= 0.3 is 5.69 Å². The molecular formula is C20H15N5O3. The lowest BCUT2D eigenvalue weighted by atomic mass is 10.2. The summed E-state index contributed by atoms with van der Waals surface area (Å²) in [6, 6.07) is 19.3. The number of rotatable bonds is 4. The molecule has 0 spiro atoms. The van der Waals surface area contributed by atoms with Crippen LogP contribution in [0, 0.1) is 0 Å². The van der Waals surface area contributed by atoms with Crippen LogP contribution in [0.1, 0.15) is 10.4 Å². The van der Waals surface area contributed by atoms with Crippen LogP contribution in [0.25, 0.3) is 11.0 Å². The molecule has 0 bridgehead atoms. The van der Waals surface area contributed by atoms with E-state index in [1.165, 1.54) is 6.20 Å². The van der Waals surface area contributed by atoms with Gasteiger partial charge in [-0.25, -0.2) is 9.78 Å².